The van der Waals surface area contributed by atoms with E-state index < -0.39 is 5.54 Å². The monoisotopic (exact) mass is 272 g/mol. The summed E-state index contributed by atoms with van der Waals surface area (Å²) in [6.45, 7) is 1.80. The summed E-state index contributed by atoms with van der Waals surface area (Å²) in [4.78, 5) is 11.3. The molecule has 0 bridgehead atoms. The molecule has 94 valence electrons. The zero-order chi connectivity index (χ0) is 12.9. The van der Waals surface area contributed by atoms with Crippen LogP contribution in [0.1, 0.15) is 12.5 Å². The smallest absolute Gasteiger partial charge is 0.238 e. The van der Waals surface area contributed by atoms with Gasteiger partial charge in [-0.15, -0.1) is 0 Å². The van der Waals surface area contributed by atoms with Gasteiger partial charge in [-0.25, -0.2) is 0 Å². The molecule has 1 unspecified atom stereocenters. The molecular formula is C12H17ClN2OS. The Kier molecular flexibility index (Phi) is 5.31. The van der Waals surface area contributed by atoms with Crippen LogP contribution in [-0.2, 0) is 10.5 Å². The highest BCUT2D eigenvalue weighted by molar-refractivity contribution is 7.98. The van der Waals surface area contributed by atoms with Gasteiger partial charge in [0.05, 0.1) is 0 Å². The molecule has 1 rings (SSSR count). The fourth-order valence-corrected chi connectivity index (χ4v) is 2.80. The Bertz CT molecular complexity index is 400. The van der Waals surface area contributed by atoms with Crippen molar-refractivity contribution < 1.29 is 4.79 Å². The van der Waals surface area contributed by atoms with Gasteiger partial charge in [0, 0.05) is 16.5 Å². The largest absolute Gasteiger partial charge is 0.368 e. The van der Waals surface area contributed by atoms with Gasteiger partial charge in [-0.3, -0.25) is 4.79 Å². The Balaban J connectivity index is 2.53. The van der Waals surface area contributed by atoms with Crippen LogP contribution in [0.5, 0.6) is 0 Å². The van der Waals surface area contributed by atoms with E-state index in [2.05, 4.69) is 5.32 Å². The number of carbonyl (C=O) groups excluding carboxylic acids is 1. The number of hydrogen-bond donors (Lipinski definition) is 2. The summed E-state index contributed by atoms with van der Waals surface area (Å²) in [5.41, 5.74) is 5.75. The number of thioether (sulfide) groups is 1. The maximum Gasteiger partial charge on any atom is 0.238 e. The van der Waals surface area contributed by atoms with Crippen LogP contribution in [0.25, 0.3) is 0 Å². The maximum atomic E-state index is 11.3. The molecule has 0 aliphatic heterocycles. The lowest BCUT2D eigenvalue weighted by Crippen LogP contribution is -2.53. The predicted octanol–water partition coefficient (Wildman–Crippen LogP) is 2.04. The quantitative estimate of drug-likeness (QED) is 0.833. The number of rotatable bonds is 6. The van der Waals surface area contributed by atoms with Gasteiger partial charge in [0.2, 0.25) is 5.91 Å². The molecule has 0 aliphatic rings. The van der Waals surface area contributed by atoms with Gasteiger partial charge in [0.25, 0.3) is 0 Å². The Morgan fingerprint density at radius 3 is 2.71 bits per heavy atom. The van der Waals surface area contributed by atoms with Crippen molar-refractivity contribution in [1.82, 2.24) is 5.32 Å². The van der Waals surface area contributed by atoms with Crippen molar-refractivity contribution >= 4 is 29.3 Å². The van der Waals surface area contributed by atoms with Crippen LogP contribution in [0.3, 0.4) is 0 Å². The third-order valence-electron chi connectivity index (χ3n) is 2.70. The third kappa shape index (κ3) is 3.91. The van der Waals surface area contributed by atoms with Crippen LogP contribution >= 0.6 is 23.4 Å². The molecule has 0 aromatic heterocycles. The van der Waals surface area contributed by atoms with Crippen molar-refractivity contribution in [2.24, 2.45) is 5.73 Å². The lowest BCUT2D eigenvalue weighted by Gasteiger charge is -2.24. The molecule has 0 heterocycles. The highest BCUT2D eigenvalue weighted by atomic mass is 35.5. The van der Waals surface area contributed by atoms with Crippen molar-refractivity contribution in [1.29, 1.82) is 0 Å². The van der Waals surface area contributed by atoms with E-state index in [1.165, 1.54) is 0 Å². The Hall–Kier alpha value is -0.710. The number of halogens is 1. The SMILES string of the molecule is CNC(C)(CSCc1ccccc1Cl)C(N)=O. The topological polar surface area (TPSA) is 55.1 Å². The van der Waals surface area contributed by atoms with E-state index in [0.717, 1.165) is 16.3 Å². The minimum atomic E-state index is -0.675. The van der Waals surface area contributed by atoms with Crippen LogP contribution in [0.2, 0.25) is 5.02 Å². The molecule has 1 amide bonds. The highest BCUT2D eigenvalue weighted by Gasteiger charge is 2.28. The molecular weight excluding hydrogens is 256 g/mol. The second-order valence-corrected chi connectivity index (χ2v) is 5.42. The maximum absolute atomic E-state index is 11.3. The summed E-state index contributed by atoms with van der Waals surface area (Å²) in [5.74, 6) is 1.04. The molecule has 0 aliphatic carbocycles. The first-order chi connectivity index (χ1) is 7.99. The number of carbonyl (C=O) groups is 1. The van der Waals surface area contributed by atoms with Crippen LogP contribution in [0.4, 0.5) is 0 Å². The molecule has 17 heavy (non-hydrogen) atoms. The lowest BCUT2D eigenvalue weighted by molar-refractivity contribution is -0.122. The Morgan fingerprint density at radius 2 is 2.18 bits per heavy atom. The van der Waals surface area contributed by atoms with E-state index in [1.807, 2.05) is 24.3 Å². The normalized spacial score (nSPS) is 14.3. The average Bonchev–Trinajstić information content (AvgIpc) is 2.31. The number of likely N-dealkylation sites (N-methyl/N-ethyl adjacent to an activating group) is 1. The summed E-state index contributed by atoms with van der Waals surface area (Å²) in [6, 6.07) is 7.70. The van der Waals surface area contributed by atoms with Gasteiger partial charge >= 0.3 is 0 Å². The molecule has 0 radical (unpaired) electrons. The summed E-state index contributed by atoms with van der Waals surface area (Å²) in [5, 5.41) is 3.71. The van der Waals surface area contributed by atoms with Crippen LogP contribution in [0.15, 0.2) is 24.3 Å². The zero-order valence-electron chi connectivity index (χ0n) is 10.00. The van der Waals surface area contributed by atoms with Crippen LogP contribution in [-0.4, -0.2) is 24.2 Å². The van der Waals surface area contributed by atoms with Gasteiger partial charge in [-0.05, 0) is 25.6 Å². The number of primary amides is 1. The van der Waals surface area contributed by atoms with Gasteiger partial charge < -0.3 is 11.1 Å². The minimum absolute atomic E-state index is 0.341. The van der Waals surface area contributed by atoms with Gasteiger partial charge in [0.15, 0.2) is 0 Å². The highest BCUT2D eigenvalue weighted by Crippen LogP contribution is 2.23. The van der Waals surface area contributed by atoms with Crippen LogP contribution < -0.4 is 11.1 Å². The number of benzene rings is 1. The second kappa shape index (κ2) is 6.28. The first-order valence-corrected chi connectivity index (χ1v) is 6.83. The van der Waals surface area contributed by atoms with Crippen molar-refractivity contribution in [3.05, 3.63) is 34.9 Å². The predicted molar refractivity (Wildman–Crippen MR) is 74.3 cm³/mol. The summed E-state index contributed by atoms with van der Waals surface area (Å²) < 4.78 is 0. The summed E-state index contributed by atoms with van der Waals surface area (Å²) in [7, 11) is 1.74. The van der Waals surface area contributed by atoms with Gasteiger partial charge in [0.1, 0.15) is 5.54 Å². The third-order valence-corrected chi connectivity index (χ3v) is 4.37. The summed E-state index contributed by atoms with van der Waals surface area (Å²) >= 11 is 7.68. The first-order valence-electron chi connectivity index (χ1n) is 5.29. The fourth-order valence-electron chi connectivity index (χ4n) is 1.25. The molecule has 1 aromatic carbocycles. The van der Waals surface area contributed by atoms with E-state index in [0.29, 0.717) is 5.75 Å². The average molecular weight is 273 g/mol. The van der Waals surface area contributed by atoms with Crippen molar-refractivity contribution in [2.75, 3.05) is 12.8 Å². The molecule has 3 N–H and O–H groups in total. The number of amides is 1. The van der Waals surface area contributed by atoms with E-state index in [-0.39, 0.29) is 5.91 Å². The zero-order valence-corrected chi connectivity index (χ0v) is 11.6. The summed E-state index contributed by atoms with van der Waals surface area (Å²) in [6.07, 6.45) is 0. The Labute approximate surface area is 111 Å². The van der Waals surface area contributed by atoms with Crippen molar-refractivity contribution in [3.63, 3.8) is 0 Å². The number of nitrogens with one attached hydrogen (secondary N) is 1. The van der Waals surface area contributed by atoms with Crippen LogP contribution in [0, 0.1) is 0 Å². The van der Waals surface area contributed by atoms with E-state index in [9.17, 15) is 4.79 Å². The minimum Gasteiger partial charge on any atom is -0.368 e. The van der Waals surface area contributed by atoms with E-state index in [1.54, 1.807) is 25.7 Å². The van der Waals surface area contributed by atoms with Gasteiger partial charge in [-0.1, -0.05) is 29.8 Å². The van der Waals surface area contributed by atoms with E-state index in [4.69, 9.17) is 17.3 Å². The lowest BCUT2D eigenvalue weighted by atomic mass is 10.1. The van der Waals surface area contributed by atoms with Crippen molar-refractivity contribution in [2.45, 2.75) is 18.2 Å². The molecule has 0 saturated heterocycles. The second-order valence-electron chi connectivity index (χ2n) is 4.03. The molecule has 1 atom stereocenters. The first kappa shape index (κ1) is 14.4. The standard InChI is InChI=1S/C12H17ClN2OS/c1-12(15-2,11(14)16)8-17-7-9-5-3-4-6-10(9)13/h3-6,15H,7-8H2,1-2H3,(H2,14,16). The molecule has 3 nitrogen and oxygen atoms in total. The number of nitrogens with two attached hydrogens (primary N) is 1. The fraction of sp³-hybridized carbons (Fsp3) is 0.417. The molecule has 5 heteroatoms. The molecule has 0 spiro atoms. The Morgan fingerprint density at radius 1 is 1.53 bits per heavy atom. The number of hydrogen-bond acceptors (Lipinski definition) is 3. The van der Waals surface area contributed by atoms with Gasteiger partial charge in [-0.2, -0.15) is 11.8 Å². The molecule has 1 aromatic rings. The molecule has 0 fully saturated rings. The molecule has 0 saturated carbocycles. The van der Waals surface area contributed by atoms with Crippen molar-refractivity contribution in [3.8, 4) is 0 Å². The van der Waals surface area contributed by atoms with E-state index >= 15 is 0 Å².